The third kappa shape index (κ3) is 3.42. The quantitative estimate of drug-likeness (QED) is 0.900. The molecule has 1 heterocycles. The van der Waals surface area contributed by atoms with Crippen LogP contribution in [0, 0.1) is 11.6 Å². The molecule has 0 atom stereocenters. The van der Waals surface area contributed by atoms with Crippen molar-refractivity contribution < 1.29 is 17.2 Å². The maximum Gasteiger partial charge on any atom is 0.243 e. The average molecular weight is 313 g/mol. The van der Waals surface area contributed by atoms with Crippen LogP contribution in [0.4, 0.5) is 8.78 Å². The van der Waals surface area contributed by atoms with E-state index in [1.54, 1.807) is 0 Å². The Hall–Kier alpha value is -0.760. The molecule has 19 heavy (non-hydrogen) atoms. The lowest BCUT2D eigenvalue weighted by molar-refractivity contribution is 0.320. The van der Waals surface area contributed by atoms with Crippen molar-refractivity contribution in [2.24, 2.45) is 5.73 Å². The van der Waals surface area contributed by atoms with Crippen molar-refractivity contribution in [3.05, 3.63) is 29.8 Å². The van der Waals surface area contributed by atoms with Gasteiger partial charge >= 0.3 is 0 Å². The predicted molar refractivity (Wildman–Crippen MR) is 69.6 cm³/mol. The van der Waals surface area contributed by atoms with Crippen LogP contribution in [0.2, 0.25) is 0 Å². The van der Waals surface area contributed by atoms with E-state index in [9.17, 15) is 17.2 Å². The number of benzene rings is 1. The minimum absolute atomic E-state index is 0. The van der Waals surface area contributed by atoms with Crippen LogP contribution in [0.3, 0.4) is 0 Å². The van der Waals surface area contributed by atoms with Gasteiger partial charge in [-0.1, -0.05) is 0 Å². The third-order valence-corrected chi connectivity index (χ3v) is 4.92. The average Bonchev–Trinajstić information content (AvgIpc) is 2.33. The summed E-state index contributed by atoms with van der Waals surface area (Å²) < 4.78 is 51.4. The summed E-state index contributed by atoms with van der Waals surface area (Å²) in [5.41, 5.74) is 5.69. The lowest BCUT2D eigenvalue weighted by atomic mass is 10.1. The Bertz CT molecular complexity index is 546. The Balaban J connectivity index is 0.00000180. The van der Waals surface area contributed by atoms with E-state index in [2.05, 4.69) is 0 Å². The molecule has 2 rings (SSSR count). The molecule has 1 aliphatic rings. The van der Waals surface area contributed by atoms with Crippen molar-refractivity contribution in [2.45, 2.75) is 23.8 Å². The van der Waals surface area contributed by atoms with Crippen molar-refractivity contribution in [1.29, 1.82) is 0 Å². The number of nitrogens with zero attached hydrogens (tertiary/aromatic N) is 1. The van der Waals surface area contributed by atoms with Crippen molar-refractivity contribution in [3.63, 3.8) is 0 Å². The van der Waals surface area contributed by atoms with Crippen LogP contribution in [-0.2, 0) is 10.0 Å². The zero-order valence-corrected chi connectivity index (χ0v) is 11.7. The lowest BCUT2D eigenvalue weighted by Gasteiger charge is -2.29. The first-order valence-electron chi connectivity index (χ1n) is 5.62. The van der Waals surface area contributed by atoms with E-state index >= 15 is 0 Å². The summed E-state index contributed by atoms with van der Waals surface area (Å²) in [7, 11) is -3.75. The predicted octanol–water partition coefficient (Wildman–Crippen LogP) is 1.50. The fourth-order valence-corrected chi connectivity index (χ4v) is 3.38. The van der Waals surface area contributed by atoms with E-state index in [-0.39, 0.29) is 23.3 Å². The number of hydrogen-bond acceptors (Lipinski definition) is 3. The number of halogens is 3. The minimum atomic E-state index is -3.75. The van der Waals surface area contributed by atoms with Crippen LogP contribution in [-0.4, -0.2) is 31.9 Å². The zero-order valence-electron chi connectivity index (χ0n) is 10.1. The fourth-order valence-electron chi connectivity index (χ4n) is 1.90. The van der Waals surface area contributed by atoms with Gasteiger partial charge in [0, 0.05) is 19.1 Å². The van der Waals surface area contributed by atoms with Crippen LogP contribution in [0.1, 0.15) is 12.8 Å². The molecule has 0 aromatic heterocycles. The standard InChI is InChI=1S/C11H14F2N2O2S.ClH/c12-10-2-1-9(7-11(10)13)18(16,17)15-5-3-8(14)4-6-15;/h1-2,7-8H,3-6,14H2;1H. The molecule has 2 N–H and O–H groups in total. The lowest BCUT2D eigenvalue weighted by Crippen LogP contribution is -2.42. The van der Waals surface area contributed by atoms with Gasteiger partial charge in [0.25, 0.3) is 0 Å². The molecule has 0 unspecified atom stereocenters. The Morgan fingerprint density at radius 1 is 1.16 bits per heavy atom. The van der Waals surface area contributed by atoms with Gasteiger partial charge in [0.1, 0.15) is 0 Å². The summed E-state index contributed by atoms with van der Waals surface area (Å²) in [4.78, 5) is -0.225. The molecule has 1 aromatic rings. The van der Waals surface area contributed by atoms with Gasteiger partial charge in [0.2, 0.25) is 10.0 Å². The molecule has 8 heteroatoms. The van der Waals surface area contributed by atoms with Crippen LogP contribution in [0.25, 0.3) is 0 Å². The van der Waals surface area contributed by atoms with Gasteiger partial charge < -0.3 is 5.73 Å². The van der Waals surface area contributed by atoms with Gasteiger partial charge in [-0.15, -0.1) is 12.4 Å². The molecular formula is C11H15ClF2N2O2S. The number of rotatable bonds is 2. The topological polar surface area (TPSA) is 63.4 Å². The molecule has 1 aromatic carbocycles. The molecule has 0 saturated carbocycles. The number of hydrogen-bond donors (Lipinski definition) is 1. The highest BCUT2D eigenvalue weighted by Crippen LogP contribution is 2.21. The van der Waals surface area contributed by atoms with E-state index in [0.29, 0.717) is 32.0 Å². The van der Waals surface area contributed by atoms with Crippen LogP contribution in [0.15, 0.2) is 23.1 Å². The van der Waals surface area contributed by atoms with Gasteiger partial charge in [-0.2, -0.15) is 4.31 Å². The second kappa shape index (κ2) is 6.13. The molecule has 0 amide bonds. The molecule has 0 radical (unpaired) electrons. The Labute approximate surface area is 117 Å². The van der Waals surface area contributed by atoms with E-state index in [1.165, 1.54) is 4.31 Å². The van der Waals surface area contributed by atoms with Gasteiger partial charge in [0.05, 0.1) is 4.90 Å². The molecular weight excluding hydrogens is 298 g/mol. The number of piperidine rings is 1. The highest BCUT2D eigenvalue weighted by molar-refractivity contribution is 7.89. The van der Waals surface area contributed by atoms with Gasteiger partial charge in [-0.25, -0.2) is 17.2 Å². The molecule has 1 fully saturated rings. The second-order valence-electron chi connectivity index (χ2n) is 4.32. The zero-order chi connectivity index (χ0) is 13.3. The Morgan fingerprint density at radius 3 is 2.26 bits per heavy atom. The van der Waals surface area contributed by atoms with Crippen LogP contribution >= 0.6 is 12.4 Å². The van der Waals surface area contributed by atoms with Crippen molar-refractivity contribution in [2.75, 3.05) is 13.1 Å². The van der Waals surface area contributed by atoms with Gasteiger partial charge in [-0.3, -0.25) is 0 Å². The molecule has 4 nitrogen and oxygen atoms in total. The summed E-state index contributed by atoms with van der Waals surface area (Å²) >= 11 is 0. The van der Waals surface area contributed by atoms with E-state index < -0.39 is 21.7 Å². The monoisotopic (exact) mass is 312 g/mol. The maximum atomic E-state index is 13.1. The van der Waals surface area contributed by atoms with E-state index in [1.807, 2.05) is 0 Å². The Morgan fingerprint density at radius 2 is 1.74 bits per heavy atom. The highest BCUT2D eigenvalue weighted by atomic mass is 35.5. The summed E-state index contributed by atoms with van der Waals surface area (Å²) in [6.45, 7) is 0.616. The smallest absolute Gasteiger partial charge is 0.243 e. The minimum Gasteiger partial charge on any atom is -0.328 e. The van der Waals surface area contributed by atoms with E-state index in [0.717, 1.165) is 12.1 Å². The number of sulfonamides is 1. The van der Waals surface area contributed by atoms with Gasteiger partial charge in [0.15, 0.2) is 11.6 Å². The van der Waals surface area contributed by atoms with Crippen molar-refractivity contribution >= 4 is 22.4 Å². The number of nitrogens with two attached hydrogens (primary N) is 1. The largest absolute Gasteiger partial charge is 0.328 e. The first kappa shape index (κ1) is 16.3. The molecule has 1 saturated heterocycles. The first-order chi connectivity index (χ1) is 8.41. The highest BCUT2D eigenvalue weighted by Gasteiger charge is 2.28. The normalized spacial score (nSPS) is 18.1. The molecule has 0 aliphatic carbocycles. The molecule has 1 aliphatic heterocycles. The summed E-state index contributed by atoms with van der Waals surface area (Å²) in [6, 6.07) is 2.60. The molecule has 0 spiro atoms. The third-order valence-electron chi connectivity index (χ3n) is 3.03. The fraction of sp³-hybridized carbons (Fsp3) is 0.455. The SMILES string of the molecule is Cl.NC1CCN(S(=O)(=O)c2ccc(F)c(F)c2)CC1. The summed E-state index contributed by atoms with van der Waals surface area (Å²) in [6.07, 6.45) is 1.14. The maximum absolute atomic E-state index is 13.1. The molecule has 108 valence electrons. The van der Waals surface area contributed by atoms with Crippen LogP contribution in [0.5, 0.6) is 0 Å². The van der Waals surface area contributed by atoms with Gasteiger partial charge in [-0.05, 0) is 31.0 Å². The molecule has 0 bridgehead atoms. The van der Waals surface area contributed by atoms with Crippen molar-refractivity contribution in [3.8, 4) is 0 Å². The van der Waals surface area contributed by atoms with Crippen LogP contribution < -0.4 is 5.73 Å². The second-order valence-corrected chi connectivity index (χ2v) is 6.26. The summed E-state index contributed by atoms with van der Waals surface area (Å²) in [5, 5.41) is 0. The first-order valence-corrected chi connectivity index (χ1v) is 7.06. The summed E-state index contributed by atoms with van der Waals surface area (Å²) in [5.74, 6) is -2.22. The van der Waals surface area contributed by atoms with E-state index in [4.69, 9.17) is 5.73 Å². The van der Waals surface area contributed by atoms with Crippen molar-refractivity contribution in [1.82, 2.24) is 4.31 Å². The Kier molecular flexibility index (Phi) is 5.26.